The molecule has 0 amide bonds. The molecule has 0 aromatic heterocycles. The third-order valence-electron chi connectivity index (χ3n) is 1.72. The fraction of sp³-hybridized carbons (Fsp3) is 0.364. The number of ether oxygens (including phenoxy) is 1. The van der Waals surface area contributed by atoms with Crippen LogP contribution in [0.25, 0.3) is 0 Å². The van der Waals surface area contributed by atoms with Gasteiger partial charge < -0.3 is 15.6 Å². The summed E-state index contributed by atoms with van der Waals surface area (Å²) in [6.07, 6.45) is 0.00365. The number of benzene rings is 1. The molecule has 0 unspecified atom stereocenters. The van der Waals surface area contributed by atoms with E-state index < -0.39 is 5.97 Å². The van der Waals surface area contributed by atoms with Crippen molar-refractivity contribution in [2.75, 3.05) is 5.73 Å². The van der Waals surface area contributed by atoms with E-state index in [1.165, 1.54) is 0 Å². The topological polar surface area (TPSA) is 72.5 Å². The van der Waals surface area contributed by atoms with Crippen molar-refractivity contribution < 1.29 is 14.6 Å². The van der Waals surface area contributed by atoms with Gasteiger partial charge in [0.25, 0.3) is 0 Å². The van der Waals surface area contributed by atoms with E-state index in [1.54, 1.807) is 18.2 Å². The fourth-order valence-electron chi connectivity index (χ4n) is 1.30. The minimum Gasteiger partial charge on any atom is -0.491 e. The molecule has 0 bridgehead atoms. The van der Waals surface area contributed by atoms with Gasteiger partial charge in [0.2, 0.25) is 0 Å². The molecule has 0 fully saturated rings. The Balaban J connectivity index is 2.89. The van der Waals surface area contributed by atoms with E-state index >= 15 is 0 Å². The predicted molar refractivity (Wildman–Crippen MR) is 58.0 cm³/mol. The smallest absolute Gasteiger partial charge is 0.307 e. The van der Waals surface area contributed by atoms with Crippen LogP contribution in [0.5, 0.6) is 5.75 Å². The molecule has 1 aromatic rings. The molecule has 1 aromatic carbocycles. The normalized spacial score (nSPS) is 10.3. The number of aliphatic carboxylic acids is 1. The summed E-state index contributed by atoms with van der Waals surface area (Å²) in [4.78, 5) is 10.5. The summed E-state index contributed by atoms with van der Waals surface area (Å²) in [6.45, 7) is 3.81. The van der Waals surface area contributed by atoms with Crippen molar-refractivity contribution in [3.63, 3.8) is 0 Å². The highest BCUT2D eigenvalue weighted by Gasteiger charge is 2.05. The number of nitrogens with two attached hydrogens (primary N) is 1. The molecule has 0 spiro atoms. The number of carboxylic acid groups (broad SMARTS) is 1. The number of carboxylic acids is 1. The summed E-state index contributed by atoms with van der Waals surface area (Å²) >= 11 is 0. The molecular formula is C11H15NO3. The van der Waals surface area contributed by atoms with Gasteiger partial charge in [0.15, 0.2) is 0 Å². The standard InChI is InChI=1S/C11H15NO3/c1-7(2)15-10-4-8(5-11(13)14)3-9(12)6-10/h3-4,6-7H,5,12H2,1-2H3,(H,13,14). The van der Waals surface area contributed by atoms with Gasteiger partial charge in [-0.1, -0.05) is 0 Å². The van der Waals surface area contributed by atoms with Crippen LogP contribution in [0.3, 0.4) is 0 Å². The van der Waals surface area contributed by atoms with Gasteiger partial charge in [-0.3, -0.25) is 4.79 Å². The molecule has 1 rings (SSSR count). The van der Waals surface area contributed by atoms with Gasteiger partial charge in [-0.2, -0.15) is 0 Å². The van der Waals surface area contributed by atoms with Gasteiger partial charge in [-0.15, -0.1) is 0 Å². The van der Waals surface area contributed by atoms with Crippen molar-refractivity contribution >= 4 is 11.7 Å². The van der Waals surface area contributed by atoms with Crippen LogP contribution in [0.4, 0.5) is 5.69 Å². The van der Waals surface area contributed by atoms with Crippen LogP contribution in [-0.4, -0.2) is 17.2 Å². The molecule has 0 heterocycles. The molecule has 0 aliphatic rings. The zero-order valence-electron chi connectivity index (χ0n) is 8.86. The largest absolute Gasteiger partial charge is 0.491 e. The second-order valence-electron chi connectivity index (χ2n) is 3.65. The summed E-state index contributed by atoms with van der Waals surface area (Å²) in [5, 5.41) is 8.65. The number of anilines is 1. The van der Waals surface area contributed by atoms with Crippen molar-refractivity contribution in [1.29, 1.82) is 0 Å². The molecule has 4 heteroatoms. The predicted octanol–water partition coefficient (Wildman–Crippen LogP) is 1.68. The molecule has 4 nitrogen and oxygen atoms in total. The number of carbonyl (C=O) groups is 1. The van der Waals surface area contributed by atoms with Crippen molar-refractivity contribution in [2.24, 2.45) is 0 Å². The van der Waals surface area contributed by atoms with E-state index in [9.17, 15) is 4.79 Å². The second kappa shape index (κ2) is 4.68. The molecule has 0 saturated heterocycles. The molecule has 0 aliphatic heterocycles. The first-order valence-corrected chi connectivity index (χ1v) is 4.75. The third kappa shape index (κ3) is 3.89. The van der Waals surface area contributed by atoms with Gasteiger partial charge in [0, 0.05) is 11.8 Å². The summed E-state index contributed by atoms with van der Waals surface area (Å²) in [5.74, 6) is -0.266. The summed E-state index contributed by atoms with van der Waals surface area (Å²) in [5.41, 5.74) is 6.81. The van der Waals surface area contributed by atoms with E-state index in [1.807, 2.05) is 13.8 Å². The second-order valence-corrected chi connectivity index (χ2v) is 3.65. The third-order valence-corrected chi connectivity index (χ3v) is 1.72. The lowest BCUT2D eigenvalue weighted by Crippen LogP contribution is -2.07. The molecule has 0 radical (unpaired) electrons. The lowest BCUT2D eigenvalue weighted by molar-refractivity contribution is -0.136. The molecule has 15 heavy (non-hydrogen) atoms. The summed E-state index contributed by atoms with van der Waals surface area (Å²) < 4.78 is 5.44. The van der Waals surface area contributed by atoms with Crippen molar-refractivity contribution in [2.45, 2.75) is 26.4 Å². The lowest BCUT2D eigenvalue weighted by atomic mass is 10.1. The first-order valence-electron chi connectivity index (χ1n) is 4.75. The highest BCUT2D eigenvalue weighted by molar-refractivity contribution is 5.71. The van der Waals surface area contributed by atoms with E-state index in [0.29, 0.717) is 17.0 Å². The van der Waals surface area contributed by atoms with Crippen molar-refractivity contribution in [3.8, 4) is 5.75 Å². The molecule has 0 saturated carbocycles. The van der Waals surface area contributed by atoms with Crippen LogP contribution < -0.4 is 10.5 Å². The van der Waals surface area contributed by atoms with E-state index in [-0.39, 0.29) is 12.5 Å². The maximum absolute atomic E-state index is 10.5. The average Bonchev–Trinajstić information content (AvgIpc) is 1.98. The van der Waals surface area contributed by atoms with Crippen LogP contribution >= 0.6 is 0 Å². The Bertz CT molecular complexity index is 361. The number of hydrogen-bond acceptors (Lipinski definition) is 3. The maximum atomic E-state index is 10.5. The molecule has 0 atom stereocenters. The lowest BCUT2D eigenvalue weighted by Gasteiger charge is -2.11. The highest BCUT2D eigenvalue weighted by Crippen LogP contribution is 2.20. The van der Waals surface area contributed by atoms with E-state index in [0.717, 1.165) is 0 Å². The zero-order chi connectivity index (χ0) is 11.4. The van der Waals surface area contributed by atoms with Gasteiger partial charge in [0.05, 0.1) is 12.5 Å². The van der Waals surface area contributed by atoms with Crippen molar-refractivity contribution in [3.05, 3.63) is 23.8 Å². The maximum Gasteiger partial charge on any atom is 0.307 e. The Labute approximate surface area is 88.7 Å². The van der Waals surface area contributed by atoms with Crippen LogP contribution in [0.15, 0.2) is 18.2 Å². The van der Waals surface area contributed by atoms with Crippen molar-refractivity contribution in [1.82, 2.24) is 0 Å². The van der Waals surface area contributed by atoms with Gasteiger partial charge >= 0.3 is 5.97 Å². The van der Waals surface area contributed by atoms with Gasteiger partial charge in [-0.05, 0) is 31.5 Å². The minimum absolute atomic E-state index is 0.0422. The average molecular weight is 209 g/mol. The van der Waals surface area contributed by atoms with Crippen LogP contribution in [0.1, 0.15) is 19.4 Å². The van der Waals surface area contributed by atoms with Gasteiger partial charge in [0.1, 0.15) is 5.75 Å². The zero-order valence-corrected chi connectivity index (χ0v) is 8.86. The number of hydrogen-bond donors (Lipinski definition) is 2. The van der Waals surface area contributed by atoms with Gasteiger partial charge in [-0.25, -0.2) is 0 Å². The summed E-state index contributed by atoms with van der Waals surface area (Å²) in [6, 6.07) is 5.02. The Morgan fingerprint density at radius 3 is 2.67 bits per heavy atom. The Hall–Kier alpha value is -1.71. The summed E-state index contributed by atoms with van der Waals surface area (Å²) in [7, 11) is 0. The number of nitrogen functional groups attached to an aromatic ring is 1. The SMILES string of the molecule is CC(C)Oc1cc(N)cc(CC(=O)O)c1. The van der Waals surface area contributed by atoms with E-state index in [4.69, 9.17) is 15.6 Å². The quantitative estimate of drug-likeness (QED) is 0.740. The first-order chi connectivity index (χ1) is 6.97. The Morgan fingerprint density at radius 2 is 2.13 bits per heavy atom. The van der Waals surface area contributed by atoms with Crippen LogP contribution in [0, 0.1) is 0 Å². The first kappa shape index (κ1) is 11.4. The highest BCUT2D eigenvalue weighted by atomic mass is 16.5. The molecule has 3 N–H and O–H groups in total. The van der Waals surface area contributed by atoms with Crippen LogP contribution in [0.2, 0.25) is 0 Å². The van der Waals surface area contributed by atoms with Crippen LogP contribution in [-0.2, 0) is 11.2 Å². The van der Waals surface area contributed by atoms with E-state index in [2.05, 4.69) is 0 Å². The monoisotopic (exact) mass is 209 g/mol. The molecule has 0 aliphatic carbocycles. The number of rotatable bonds is 4. The Kier molecular flexibility index (Phi) is 3.55. The Morgan fingerprint density at radius 1 is 1.47 bits per heavy atom. The minimum atomic E-state index is -0.879. The fourth-order valence-corrected chi connectivity index (χ4v) is 1.30. The molecule has 82 valence electrons. The molecular weight excluding hydrogens is 194 g/mol.